The summed E-state index contributed by atoms with van der Waals surface area (Å²) in [4.78, 5) is 21.0. The number of anilines is 3. The third kappa shape index (κ3) is 3.38. The van der Waals surface area contributed by atoms with Crippen molar-refractivity contribution in [2.75, 3.05) is 41.3 Å². The number of nitrogens with one attached hydrogen (secondary N) is 1. The van der Waals surface area contributed by atoms with E-state index in [1.54, 1.807) is 0 Å². The summed E-state index contributed by atoms with van der Waals surface area (Å²) in [7, 11) is 1.97. The Morgan fingerprint density at radius 3 is 2.70 bits per heavy atom. The van der Waals surface area contributed by atoms with Gasteiger partial charge in [0, 0.05) is 26.7 Å². The molecule has 27 heavy (non-hydrogen) atoms. The van der Waals surface area contributed by atoms with Gasteiger partial charge in [0.1, 0.15) is 6.17 Å². The van der Waals surface area contributed by atoms with Crippen LogP contribution in [-0.4, -0.2) is 47.8 Å². The molecule has 2 aliphatic heterocycles. The molecule has 0 radical (unpaired) electrons. The number of rotatable bonds is 4. The molecular weight excluding hydrogens is 345 g/mol. The first-order chi connectivity index (χ1) is 13.1. The summed E-state index contributed by atoms with van der Waals surface area (Å²) in [5.41, 5.74) is 3.55. The summed E-state index contributed by atoms with van der Waals surface area (Å²) >= 11 is 0. The maximum Gasteiger partial charge on any atom is 0.247 e. The summed E-state index contributed by atoms with van der Waals surface area (Å²) in [6.45, 7) is 6.70. The van der Waals surface area contributed by atoms with Crippen molar-refractivity contribution in [3.63, 3.8) is 0 Å². The van der Waals surface area contributed by atoms with Crippen LogP contribution >= 0.6 is 0 Å². The molecule has 2 saturated heterocycles. The van der Waals surface area contributed by atoms with E-state index in [4.69, 9.17) is 4.98 Å². The van der Waals surface area contributed by atoms with E-state index in [0.717, 1.165) is 67.3 Å². The van der Waals surface area contributed by atoms with E-state index >= 15 is 0 Å². The second-order valence-electron chi connectivity index (χ2n) is 7.40. The first-order valence-corrected chi connectivity index (χ1v) is 9.64. The minimum Gasteiger partial charge on any atom is -0.370 e. The first kappa shape index (κ1) is 17.8. The van der Waals surface area contributed by atoms with Crippen LogP contribution in [0, 0.1) is 0 Å². The first-order valence-electron chi connectivity index (χ1n) is 9.64. The van der Waals surface area contributed by atoms with Gasteiger partial charge in [0.15, 0.2) is 0 Å². The minimum atomic E-state index is -0.804. The van der Waals surface area contributed by atoms with Crippen LogP contribution in [0.1, 0.15) is 25.7 Å². The van der Waals surface area contributed by atoms with Crippen LogP contribution < -0.4 is 15.1 Å². The van der Waals surface area contributed by atoms with Crippen molar-refractivity contribution in [1.29, 1.82) is 0 Å². The predicted molar refractivity (Wildman–Crippen MR) is 107 cm³/mol. The van der Waals surface area contributed by atoms with Crippen molar-refractivity contribution < 1.29 is 9.18 Å². The van der Waals surface area contributed by atoms with E-state index in [0.29, 0.717) is 13.0 Å². The van der Waals surface area contributed by atoms with Crippen LogP contribution in [0.2, 0.25) is 0 Å². The van der Waals surface area contributed by atoms with Gasteiger partial charge < -0.3 is 19.7 Å². The molecule has 1 aromatic heterocycles. The summed E-state index contributed by atoms with van der Waals surface area (Å²) < 4.78 is 15.9. The van der Waals surface area contributed by atoms with E-state index in [-0.39, 0.29) is 5.91 Å². The molecule has 1 amide bonds. The molecule has 1 aromatic carbocycles. The summed E-state index contributed by atoms with van der Waals surface area (Å²) in [6.07, 6.45) is 4.23. The van der Waals surface area contributed by atoms with Gasteiger partial charge in [-0.1, -0.05) is 6.58 Å². The highest BCUT2D eigenvalue weighted by Gasteiger charge is 2.25. The number of carbonyl (C=O) groups is 1. The van der Waals surface area contributed by atoms with Crippen molar-refractivity contribution in [2.24, 2.45) is 7.05 Å². The van der Waals surface area contributed by atoms with E-state index in [1.165, 1.54) is 6.08 Å². The molecule has 6 nitrogen and oxygen atoms in total. The molecule has 0 bridgehead atoms. The number of hydrogen-bond donors (Lipinski definition) is 1. The molecule has 3 heterocycles. The van der Waals surface area contributed by atoms with Crippen molar-refractivity contribution in [3.05, 3.63) is 24.8 Å². The molecule has 0 spiro atoms. The topological polar surface area (TPSA) is 53.4 Å². The molecule has 0 unspecified atom stereocenters. The maximum absolute atomic E-state index is 13.9. The Morgan fingerprint density at radius 2 is 2.00 bits per heavy atom. The molecule has 2 fully saturated rings. The Morgan fingerprint density at radius 1 is 1.26 bits per heavy atom. The molecule has 2 aromatic rings. The van der Waals surface area contributed by atoms with Crippen LogP contribution in [0.5, 0.6) is 0 Å². The monoisotopic (exact) mass is 371 g/mol. The van der Waals surface area contributed by atoms with Crippen LogP contribution in [-0.2, 0) is 11.8 Å². The van der Waals surface area contributed by atoms with E-state index in [1.807, 2.05) is 22.6 Å². The molecule has 0 aliphatic carbocycles. The van der Waals surface area contributed by atoms with Crippen molar-refractivity contribution >= 4 is 34.3 Å². The van der Waals surface area contributed by atoms with Gasteiger partial charge in [-0.25, -0.2) is 9.37 Å². The second kappa shape index (κ2) is 7.21. The third-order valence-electron chi connectivity index (χ3n) is 5.51. The highest BCUT2D eigenvalue weighted by Crippen LogP contribution is 2.35. The summed E-state index contributed by atoms with van der Waals surface area (Å²) in [6, 6.07) is 4.01. The van der Waals surface area contributed by atoms with Crippen molar-refractivity contribution in [3.8, 4) is 0 Å². The SMILES string of the molecule is C=CC(=O)Nc1cc2nc(N3CCC[C@@H](F)C3)n(C)c2cc1N1CCCC1. The third-order valence-corrected chi connectivity index (χ3v) is 5.51. The Hall–Kier alpha value is -2.57. The number of amides is 1. The van der Waals surface area contributed by atoms with Gasteiger partial charge in [-0.3, -0.25) is 4.79 Å². The fraction of sp³-hybridized carbons (Fsp3) is 0.500. The molecule has 0 saturated carbocycles. The number of hydrogen-bond acceptors (Lipinski definition) is 4. The number of piperidine rings is 1. The number of nitrogens with zero attached hydrogens (tertiary/aromatic N) is 4. The summed E-state index contributed by atoms with van der Waals surface area (Å²) in [5, 5.41) is 2.92. The number of aromatic nitrogens is 2. The Labute approximate surface area is 158 Å². The average Bonchev–Trinajstić information content (AvgIpc) is 3.29. The zero-order valence-electron chi connectivity index (χ0n) is 15.7. The normalized spacial score (nSPS) is 20.3. The highest BCUT2D eigenvalue weighted by atomic mass is 19.1. The standard InChI is InChI=1S/C20H26FN5O/c1-3-19(27)22-16-11-15-17(12-18(16)25-8-4-5-9-25)24(2)20(23-15)26-10-6-7-14(21)13-26/h3,11-12,14H,1,4-10,13H2,2H3,(H,22,27)/t14-/m1/s1. The van der Waals surface area contributed by atoms with Crippen molar-refractivity contribution in [2.45, 2.75) is 31.9 Å². The van der Waals surface area contributed by atoms with E-state index < -0.39 is 6.17 Å². The Kier molecular flexibility index (Phi) is 4.76. The molecule has 1 N–H and O–H groups in total. The van der Waals surface area contributed by atoms with Crippen LogP contribution in [0.25, 0.3) is 11.0 Å². The maximum atomic E-state index is 13.9. The zero-order chi connectivity index (χ0) is 19.0. The number of halogens is 1. The molecule has 7 heteroatoms. The quantitative estimate of drug-likeness (QED) is 0.839. The predicted octanol–water partition coefficient (Wildman–Crippen LogP) is 3.24. The molecule has 4 rings (SSSR count). The Balaban J connectivity index is 1.78. The molecule has 2 aliphatic rings. The lowest BCUT2D eigenvalue weighted by Crippen LogP contribution is -2.37. The summed E-state index contributed by atoms with van der Waals surface area (Å²) in [5.74, 6) is 0.550. The smallest absolute Gasteiger partial charge is 0.247 e. The largest absolute Gasteiger partial charge is 0.370 e. The van der Waals surface area contributed by atoms with Gasteiger partial charge in [0.25, 0.3) is 0 Å². The number of imidazole rings is 1. The minimum absolute atomic E-state index is 0.234. The lowest BCUT2D eigenvalue weighted by molar-refractivity contribution is -0.111. The van der Waals surface area contributed by atoms with Gasteiger partial charge in [0.2, 0.25) is 11.9 Å². The number of fused-ring (bicyclic) bond motifs is 1. The lowest BCUT2D eigenvalue weighted by Gasteiger charge is -2.29. The Bertz CT molecular complexity index is 871. The van der Waals surface area contributed by atoms with Crippen molar-refractivity contribution in [1.82, 2.24) is 9.55 Å². The number of alkyl halides is 1. The molecule has 1 atom stereocenters. The number of aryl methyl sites for hydroxylation is 1. The van der Waals surface area contributed by atoms with Gasteiger partial charge in [-0.05, 0) is 43.9 Å². The lowest BCUT2D eigenvalue weighted by atomic mass is 10.1. The fourth-order valence-corrected chi connectivity index (χ4v) is 4.11. The second-order valence-corrected chi connectivity index (χ2v) is 7.40. The van der Waals surface area contributed by atoms with E-state index in [2.05, 4.69) is 22.9 Å². The van der Waals surface area contributed by atoms with E-state index in [9.17, 15) is 9.18 Å². The van der Waals surface area contributed by atoms with Gasteiger partial charge in [-0.15, -0.1) is 0 Å². The van der Waals surface area contributed by atoms with Gasteiger partial charge in [-0.2, -0.15) is 0 Å². The number of benzene rings is 1. The zero-order valence-corrected chi connectivity index (χ0v) is 15.7. The molecular formula is C20H26FN5O. The average molecular weight is 371 g/mol. The van der Waals surface area contributed by atoms with Gasteiger partial charge in [0.05, 0.1) is 29.0 Å². The van der Waals surface area contributed by atoms with Crippen LogP contribution in [0.3, 0.4) is 0 Å². The van der Waals surface area contributed by atoms with Gasteiger partial charge >= 0.3 is 0 Å². The molecule has 144 valence electrons. The number of carbonyl (C=O) groups excluding carboxylic acids is 1. The highest BCUT2D eigenvalue weighted by molar-refractivity contribution is 6.03. The fourth-order valence-electron chi connectivity index (χ4n) is 4.11. The van der Waals surface area contributed by atoms with Crippen LogP contribution in [0.15, 0.2) is 24.8 Å². The van der Waals surface area contributed by atoms with Crippen LogP contribution in [0.4, 0.5) is 21.7 Å².